The Kier molecular flexibility index (Phi) is 6.17. The molecule has 2 rings (SSSR count). The minimum Gasteiger partial charge on any atom is -0.491 e. The predicted molar refractivity (Wildman–Crippen MR) is 96.9 cm³/mol. The number of hydrogen-bond acceptors (Lipinski definition) is 4. The van der Waals surface area contributed by atoms with E-state index in [-0.39, 0.29) is 12.0 Å². The zero-order valence-corrected chi connectivity index (χ0v) is 14.9. The second-order valence-electron chi connectivity index (χ2n) is 6.10. The van der Waals surface area contributed by atoms with Crippen LogP contribution in [0.1, 0.15) is 36.7 Å². The molecule has 0 radical (unpaired) electrons. The smallest absolute Gasteiger partial charge is 0.338 e. The van der Waals surface area contributed by atoms with E-state index in [1.165, 1.54) is 0 Å². The van der Waals surface area contributed by atoms with Crippen molar-refractivity contribution in [2.75, 3.05) is 5.32 Å². The molecule has 2 aromatic carbocycles. The van der Waals surface area contributed by atoms with E-state index in [9.17, 15) is 9.59 Å². The van der Waals surface area contributed by atoms with E-state index in [2.05, 4.69) is 5.32 Å². The van der Waals surface area contributed by atoms with E-state index in [0.29, 0.717) is 17.0 Å². The molecular weight excluding hydrogens is 318 g/mol. The molecule has 0 aliphatic heterocycles. The van der Waals surface area contributed by atoms with Gasteiger partial charge in [-0.15, -0.1) is 0 Å². The number of carbonyl (C=O) groups is 2. The third-order valence-corrected chi connectivity index (χ3v) is 3.40. The van der Waals surface area contributed by atoms with Crippen molar-refractivity contribution >= 4 is 17.6 Å². The number of carbonyl (C=O) groups excluding carboxylic acids is 2. The van der Waals surface area contributed by atoms with E-state index in [0.717, 1.165) is 5.56 Å². The molecule has 0 aliphatic carbocycles. The van der Waals surface area contributed by atoms with Crippen molar-refractivity contribution in [2.45, 2.75) is 39.9 Å². The van der Waals surface area contributed by atoms with Crippen molar-refractivity contribution in [3.05, 3.63) is 59.7 Å². The van der Waals surface area contributed by atoms with Crippen LogP contribution >= 0.6 is 0 Å². The lowest BCUT2D eigenvalue weighted by atomic mass is 10.2. The SMILES string of the molecule is Cc1cccc(NC(=O)[C@H](C)OC(=O)c2ccc(OC(C)C)cc2)c1. The number of amides is 1. The van der Waals surface area contributed by atoms with Gasteiger partial charge in [-0.1, -0.05) is 12.1 Å². The molecule has 1 N–H and O–H groups in total. The third kappa shape index (κ3) is 5.64. The van der Waals surface area contributed by atoms with Crippen molar-refractivity contribution < 1.29 is 19.1 Å². The number of ether oxygens (including phenoxy) is 2. The summed E-state index contributed by atoms with van der Waals surface area (Å²) < 4.78 is 10.8. The molecule has 0 saturated heterocycles. The normalized spacial score (nSPS) is 11.7. The topological polar surface area (TPSA) is 64.6 Å². The molecule has 0 spiro atoms. The first-order valence-electron chi connectivity index (χ1n) is 8.20. The monoisotopic (exact) mass is 341 g/mol. The Morgan fingerprint density at radius 1 is 1.00 bits per heavy atom. The molecule has 0 fully saturated rings. The van der Waals surface area contributed by atoms with Crippen molar-refractivity contribution in [2.24, 2.45) is 0 Å². The molecule has 132 valence electrons. The first-order valence-corrected chi connectivity index (χ1v) is 8.20. The van der Waals surface area contributed by atoms with Crippen molar-refractivity contribution in [3.63, 3.8) is 0 Å². The van der Waals surface area contributed by atoms with Crippen molar-refractivity contribution in [1.82, 2.24) is 0 Å². The van der Waals surface area contributed by atoms with Crippen LogP contribution in [0.2, 0.25) is 0 Å². The Morgan fingerprint density at radius 2 is 1.68 bits per heavy atom. The molecule has 5 heteroatoms. The summed E-state index contributed by atoms with van der Waals surface area (Å²) in [6, 6.07) is 14.1. The highest BCUT2D eigenvalue weighted by Crippen LogP contribution is 2.15. The van der Waals surface area contributed by atoms with Crippen LogP contribution in [0.5, 0.6) is 5.75 Å². The minimum atomic E-state index is -0.903. The maximum atomic E-state index is 12.2. The van der Waals surface area contributed by atoms with Gasteiger partial charge in [-0.3, -0.25) is 4.79 Å². The molecule has 25 heavy (non-hydrogen) atoms. The summed E-state index contributed by atoms with van der Waals surface area (Å²) in [5.74, 6) is -0.251. The number of nitrogens with one attached hydrogen (secondary N) is 1. The number of hydrogen-bond donors (Lipinski definition) is 1. The van der Waals surface area contributed by atoms with Crippen LogP contribution in [0.25, 0.3) is 0 Å². The molecule has 5 nitrogen and oxygen atoms in total. The molecule has 0 unspecified atom stereocenters. The molecule has 0 saturated carbocycles. The Hall–Kier alpha value is -2.82. The summed E-state index contributed by atoms with van der Waals surface area (Å²) in [5.41, 5.74) is 2.07. The van der Waals surface area contributed by atoms with Crippen LogP contribution in [-0.4, -0.2) is 24.1 Å². The molecule has 1 amide bonds. The molecule has 0 aliphatic rings. The fourth-order valence-electron chi connectivity index (χ4n) is 2.19. The summed E-state index contributed by atoms with van der Waals surface area (Å²) in [7, 11) is 0. The minimum absolute atomic E-state index is 0.0585. The zero-order chi connectivity index (χ0) is 18.4. The standard InChI is InChI=1S/C20H23NO4/c1-13(2)24-18-10-8-16(9-11-18)20(23)25-15(4)19(22)21-17-7-5-6-14(3)12-17/h5-13,15H,1-4H3,(H,21,22)/t15-/m0/s1. The van der Waals surface area contributed by atoms with Gasteiger partial charge in [0.05, 0.1) is 11.7 Å². The lowest BCUT2D eigenvalue weighted by Gasteiger charge is -2.14. The van der Waals surface area contributed by atoms with Gasteiger partial charge >= 0.3 is 5.97 Å². The first kappa shape index (κ1) is 18.5. The van der Waals surface area contributed by atoms with Crippen LogP contribution in [0, 0.1) is 6.92 Å². The van der Waals surface area contributed by atoms with Gasteiger partial charge in [0, 0.05) is 5.69 Å². The number of esters is 1. The zero-order valence-electron chi connectivity index (χ0n) is 14.9. The average molecular weight is 341 g/mol. The van der Waals surface area contributed by atoms with Gasteiger partial charge in [-0.05, 0) is 69.7 Å². The Labute approximate surface area is 148 Å². The number of benzene rings is 2. The molecular formula is C20H23NO4. The van der Waals surface area contributed by atoms with Gasteiger partial charge < -0.3 is 14.8 Å². The number of anilines is 1. The lowest BCUT2D eigenvalue weighted by Crippen LogP contribution is -2.30. The summed E-state index contributed by atoms with van der Waals surface area (Å²) in [6.07, 6.45) is -0.845. The maximum absolute atomic E-state index is 12.2. The lowest BCUT2D eigenvalue weighted by molar-refractivity contribution is -0.123. The van der Waals surface area contributed by atoms with Crippen molar-refractivity contribution in [1.29, 1.82) is 0 Å². The third-order valence-electron chi connectivity index (χ3n) is 3.40. The van der Waals surface area contributed by atoms with E-state index in [1.54, 1.807) is 37.3 Å². The fraction of sp³-hybridized carbons (Fsp3) is 0.300. The Balaban J connectivity index is 1.93. The highest BCUT2D eigenvalue weighted by molar-refractivity contribution is 5.97. The van der Waals surface area contributed by atoms with Crippen LogP contribution in [0.15, 0.2) is 48.5 Å². The molecule has 0 heterocycles. The second kappa shape index (κ2) is 8.33. The van der Waals surface area contributed by atoms with Gasteiger partial charge in [0.15, 0.2) is 6.10 Å². The van der Waals surface area contributed by atoms with E-state index in [4.69, 9.17) is 9.47 Å². The van der Waals surface area contributed by atoms with Gasteiger partial charge in [-0.25, -0.2) is 4.79 Å². The number of rotatable bonds is 6. The summed E-state index contributed by atoms with van der Waals surface area (Å²) in [6.45, 7) is 7.33. The molecule has 2 aromatic rings. The van der Waals surface area contributed by atoms with Crippen molar-refractivity contribution in [3.8, 4) is 5.75 Å². The number of aryl methyl sites for hydroxylation is 1. The summed E-state index contributed by atoms with van der Waals surface area (Å²) in [5, 5.41) is 2.73. The Morgan fingerprint density at radius 3 is 2.28 bits per heavy atom. The predicted octanol–water partition coefficient (Wildman–Crippen LogP) is 3.97. The van der Waals surface area contributed by atoms with Crippen LogP contribution in [0.3, 0.4) is 0 Å². The van der Waals surface area contributed by atoms with Crippen LogP contribution < -0.4 is 10.1 Å². The van der Waals surface area contributed by atoms with Crippen LogP contribution in [0.4, 0.5) is 5.69 Å². The second-order valence-corrected chi connectivity index (χ2v) is 6.10. The van der Waals surface area contributed by atoms with Gasteiger partial charge in [0.25, 0.3) is 5.91 Å². The Bertz CT molecular complexity index is 738. The molecule has 0 bridgehead atoms. The summed E-state index contributed by atoms with van der Waals surface area (Å²) in [4.78, 5) is 24.3. The largest absolute Gasteiger partial charge is 0.491 e. The average Bonchev–Trinajstić information content (AvgIpc) is 2.54. The maximum Gasteiger partial charge on any atom is 0.338 e. The fourth-order valence-corrected chi connectivity index (χ4v) is 2.19. The molecule has 0 aromatic heterocycles. The van der Waals surface area contributed by atoms with E-state index >= 15 is 0 Å². The quantitative estimate of drug-likeness (QED) is 0.808. The van der Waals surface area contributed by atoms with Crippen LogP contribution in [-0.2, 0) is 9.53 Å². The van der Waals surface area contributed by atoms with Gasteiger partial charge in [-0.2, -0.15) is 0 Å². The highest BCUT2D eigenvalue weighted by atomic mass is 16.5. The van der Waals surface area contributed by atoms with E-state index < -0.39 is 12.1 Å². The highest BCUT2D eigenvalue weighted by Gasteiger charge is 2.19. The van der Waals surface area contributed by atoms with E-state index in [1.807, 2.05) is 39.0 Å². The van der Waals surface area contributed by atoms with Gasteiger partial charge in [0.2, 0.25) is 0 Å². The van der Waals surface area contributed by atoms with Gasteiger partial charge in [0.1, 0.15) is 5.75 Å². The first-order chi connectivity index (χ1) is 11.8. The molecule has 1 atom stereocenters. The summed E-state index contributed by atoms with van der Waals surface area (Å²) >= 11 is 0.